The number of amidine groups is 1. The van der Waals surface area contributed by atoms with Crippen molar-refractivity contribution in [3.63, 3.8) is 0 Å². The van der Waals surface area contributed by atoms with Gasteiger partial charge in [-0.3, -0.25) is 0 Å². The zero-order valence-electron chi connectivity index (χ0n) is 4.84. The van der Waals surface area contributed by atoms with Gasteiger partial charge >= 0.3 is 5.97 Å². The SMILES string of the molecule is COC(=O)/C(=N\Cl)N(Cl)Cl. The van der Waals surface area contributed by atoms with Crippen LogP contribution in [0.5, 0.6) is 0 Å². The van der Waals surface area contributed by atoms with Crippen molar-refractivity contribution in [2.75, 3.05) is 7.11 Å². The number of carbonyl (C=O) groups is 1. The molecule has 0 amide bonds. The van der Waals surface area contributed by atoms with E-state index >= 15 is 0 Å². The van der Waals surface area contributed by atoms with E-state index < -0.39 is 5.97 Å². The monoisotopic (exact) mass is 204 g/mol. The molecule has 0 aromatic carbocycles. The highest BCUT2D eigenvalue weighted by Crippen LogP contribution is 2.03. The van der Waals surface area contributed by atoms with Gasteiger partial charge < -0.3 is 4.74 Å². The quantitative estimate of drug-likeness (QED) is 0.259. The zero-order chi connectivity index (χ0) is 8.15. The summed E-state index contributed by atoms with van der Waals surface area (Å²) in [5.41, 5.74) is 0. The van der Waals surface area contributed by atoms with E-state index in [4.69, 9.17) is 35.3 Å². The molecule has 0 saturated heterocycles. The fourth-order valence-corrected chi connectivity index (χ4v) is 0.659. The highest BCUT2D eigenvalue weighted by Gasteiger charge is 2.16. The number of nitrogens with zero attached hydrogens (tertiary/aromatic N) is 2. The maximum absolute atomic E-state index is 10.5. The minimum absolute atomic E-state index is 0.382. The summed E-state index contributed by atoms with van der Waals surface area (Å²) in [5, 5.41) is 0. The molecule has 58 valence electrons. The largest absolute Gasteiger partial charge is 0.463 e. The normalized spacial score (nSPS) is 11.0. The Kier molecular flexibility index (Phi) is 4.51. The molecule has 0 spiro atoms. The van der Waals surface area contributed by atoms with Gasteiger partial charge in [-0.1, -0.05) is 0 Å². The first-order valence-electron chi connectivity index (χ1n) is 2.02. The van der Waals surface area contributed by atoms with Crippen LogP contribution in [0.15, 0.2) is 4.51 Å². The number of esters is 1. The number of ether oxygens (including phenoxy) is 1. The minimum atomic E-state index is -0.806. The molecule has 0 unspecified atom stereocenters. The maximum atomic E-state index is 10.5. The van der Waals surface area contributed by atoms with E-state index in [1.54, 1.807) is 0 Å². The molecule has 7 heteroatoms. The first-order valence-corrected chi connectivity index (χ1v) is 3.03. The fraction of sp³-hybridized carbons (Fsp3) is 0.333. The van der Waals surface area contributed by atoms with Crippen molar-refractivity contribution in [1.29, 1.82) is 0 Å². The van der Waals surface area contributed by atoms with Crippen LogP contribution in [-0.4, -0.2) is 22.9 Å². The number of rotatable bonds is 0. The number of carbonyl (C=O) groups excluding carboxylic acids is 1. The maximum Gasteiger partial charge on any atom is 0.377 e. The van der Waals surface area contributed by atoms with Gasteiger partial charge in [-0.25, -0.2) is 4.79 Å². The van der Waals surface area contributed by atoms with Crippen molar-refractivity contribution in [2.24, 2.45) is 4.51 Å². The summed E-state index contributed by atoms with van der Waals surface area (Å²) >= 11 is 15.1. The molecule has 0 heterocycles. The van der Waals surface area contributed by atoms with Gasteiger partial charge in [-0.05, 0) is 0 Å². The molecule has 0 rings (SSSR count). The van der Waals surface area contributed by atoms with E-state index in [1.807, 2.05) is 0 Å². The third-order valence-corrected chi connectivity index (χ3v) is 1.09. The molecule has 0 aromatic heterocycles. The molecule has 0 aliphatic rings. The lowest BCUT2D eigenvalue weighted by Crippen LogP contribution is -2.23. The minimum Gasteiger partial charge on any atom is -0.463 e. The lowest BCUT2D eigenvalue weighted by atomic mass is 10.6. The summed E-state index contributed by atoms with van der Waals surface area (Å²) in [4.78, 5) is 10.5. The van der Waals surface area contributed by atoms with Crippen LogP contribution in [0.4, 0.5) is 0 Å². The first kappa shape index (κ1) is 9.81. The number of halogens is 3. The van der Waals surface area contributed by atoms with Crippen LogP contribution in [0.1, 0.15) is 0 Å². The molecule has 0 radical (unpaired) electrons. The smallest absolute Gasteiger partial charge is 0.377 e. The zero-order valence-corrected chi connectivity index (χ0v) is 7.11. The molecule has 0 aliphatic heterocycles. The topological polar surface area (TPSA) is 41.9 Å². The van der Waals surface area contributed by atoms with Crippen LogP contribution in [0.25, 0.3) is 0 Å². The number of methoxy groups -OCH3 is 1. The van der Waals surface area contributed by atoms with Crippen LogP contribution < -0.4 is 0 Å². The molecule has 0 aliphatic carbocycles. The second-order valence-electron chi connectivity index (χ2n) is 1.13. The van der Waals surface area contributed by atoms with Gasteiger partial charge in [0.05, 0.1) is 7.11 Å². The van der Waals surface area contributed by atoms with Crippen LogP contribution in [-0.2, 0) is 9.53 Å². The molecule has 0 N–H and O–H groups in total. The lowest BCUT2D eigenvalue weighted by molar-refractivity contribution is -0.133. The van der Waals surface area contributed by atoms with Crippen LogP contribution in [0.3, 0.4) is 0 Å². The first-order chi connectivity index (χ1) is 4.63. The van der Waals surface area contributed by atoms with Crippen LogP contribution >= 0.6 is 35.3 Å². The van der Waals surface area contributed by atoms with E-state index in [9.17, 15) is 4.79 Å². The average molecular weight is 205 g/mol. The second kappa shape index (κ2) is 4.60. The van der Waals surface area contributed by atoms with Crippen molar-refractivity contribution < 1.29 is 9.53 Å². The molecule has 0 saturated carbocycles. The molecule has 0 aromatic rings. The van der Waals surface area contributed by atoms with Gasteiger partial charge in [0, 0.05) is 35.3 Å². The third kappa shape index (κ3) is 2.60. The van der Waals surface area contributed by atoms with E-state index in [1.165, 1.54) is 0 Å². The summed E-state index contributed by atoms with van der Waals surface area (Å²) in [6, 6.07) is 0. The van der Waals surface area contributed by atoms with E-state index in [0.29, 0.717) is 3.94 Å². The van der Waals surface area contributed by atoms with Gasteiger partial charge in [-0.2, -0.15) is 3.94 Å². The van der Waals surface area contributed by atoms with E-state index in [0.717, 1.165) is 7.11 Å². The Balaban J connectivity index is 4.24. The predicted molar refractivity (Wildman–Crippen MR) is 38.8 cm³/mol. The van der Waals surface area contributed by atoms with Gasteiger partial charge in [-0.15, -0.1) is 4.51 Å². The summed E-state index contributed by atoms with van der Waals surface area (Å²) in [5.74, 6) is -1.19. The molecule has 0 fully saturated rings. The Morgan fingerprint density at radius 3 is 2.20 bits per heavy atom. The summed E-state index contributed by atoms with van der Waals surface area (Å²) < 4.78 is 7.55. The van der Waals surface area contributed by atoms with Crippen molar-refractivity contribution in [2.45, 2.75) is 0 Å². The summed E-state index contributed by atoms with van der Waals surface area (Å²) in [7, 11) is 1.15. The molecular weight excluding hydrogens is 202 g/mol. The number of hydrogen-bond donors (Lipinski definition) is 0. The molecule has 10 heavy (non-hydrogen) atoms. The van der Waals surface area contributed by atoms with Gasteiger partial charge in [0.25, 0.3) is 5.84 Å². The van der Waals surface area contributed by atoms with Crippen molar-refractivity contribution in [3.8, 4) is 0 Å². The fourth-order valence-electron chi connectivity index (χ4n) is 0.223. The Morgan fingerprint density at radius 2 is 2.10 bits per heavy atom. The third-order valence-electron chi connectivity index (χ3n) is 0.608. The Bertz CT molecular complexity index is 158. The molecule has 4 nitrogen and oxygen atoms in total. The van der Waals surface area contributed by atoms with Crippen molar-refractivity contribution in [3.05, 3.63) is 0 Å². The molecular formula is C3H3Cl3N2O2. The summed E-state index contributed by atoms with van der Waals surface area (Å²) in [6.45, 7) is 0. The van der Waals surface area contributed by atoms with E-state index in [-0.39, 0.29) is 5.84 Å². The predicted octanol–water partition coefficient (Wildman–Crippen LogP) is 1.32. The van der Waals surface area contributed by atoms with Gasteiger partial charge in [0.15, 0.2) is 0 Å². The highest BCUT2D eigenvalue weighted by atomic mass is 35.5. The van der Waals surface area contributed by atoms with Crippen molar-refractivity contribution >= 4 is 47.1 Å². The highest BCUT2D eigenvalue weighted by molar-refractivity contribution is 6.55. The molecule has 0 bridgehead atoms. The second-order valence-corrected chi connectivity index (χ2v) is 2.15. The van der Waals surface area contributed by atoms with E-state index in [2.05, 4.69) is 9.25 Å². The lowest BCUT2D eigenvalue weighted by Gasteiger charge is -2.03. The molecule has 0 atom stereocenters. The standard InChI is InChI=1S/C3H3Cl3N2O2/c1-10-3(9)2(7-4)8(5)6/h1H3/b7-2+. The van der Waals surface area contributed by atoms with Gasteiger partial charge in [0.2, 0.25) is 0 Å². The van der Waals surface area contributed by atoms with Crippen LogP contribution in [0.2, 0.25) is 0 Å². The number of hydrogen-bond acceptors (Lipinski definition) is 3. The van der Waals surface area contributed by atoms with Crippen LogP contribution in [0, 0.1) is 0 Å². The van der Waals surface area contributed by atoms with Gasteiger partial charge in [0.1, 0.15) is 0 Å². The van der Waals surface area contributed by atoms with Crippen molar-refractivity contribution in [1.82, 2.24) is 3.94 Å². The average Bonchev–Trinajstić information content (AvgIpc) is 1.88. The Hall–Kier alpha value is -0.190. The Morgan fingerprint density at radius 1 is 1.60 bits per heavy atom. The summed E-state index contributed by atoms with van der Waals surface area (Å²) in [6.07, 6.45) is 0. The Labute approximate surface area is 72.6 Å².